The van der Waals surface area contributed by atoms with Crippen molar-refractivity contribution in [1.29, 1.82) is 0 Å². The van der Waals surface area contributed by atoms with Crippen molar-refractivity contribution >= 4 is 23.2 Å². The summed E-state index contributed by atoms with van der Waals surface area (Å²) in [5, 5.41) is 4.70. The molecular weight excluding hydrogens is 472 g/mol. The maximum Gasteiger partial charge on any atom is 0.416 e. The van der Waals surface area contributed by atoms with Crippen LogP contribution < -0.4 is 0 Å². The summed E-state index contributed by atoms with van der Waals surface area (Å²) in [5.41, 5.74) is 1.37. The van der Waals surface area contributed by atoms with Crippen molar-refractivity contribution in [2.75, 3.05) is 6.54 Å². The molecule has 0 aliphatic carbocycles. The van der Waals surface area contributed by atoms with Crippen molar-refractivity contribution in [2.45, 2.75) is 25.2 Å². The highest BCUT2D eigenvalue weighted by Crippen LogP contribution is 2.29. The van der Waals surface area contributed by atoms with Gasteiger partial charge < -0.3 is 9.74 Å². The molecule has 0 bridgehead atoms. The Kier molecular flexibility index (Phi) is 6.88. The number of rotatable bonds is 6. The Morgan fingerprint density at radius 3 is 2.41 bits per heavy atom. The maximum absolute atomic E-state index is 13.7. The summed E-state index contributed by atoms with van der Waals surface area (Å²) in [5.74, 6) is -1.03. The van der Waals surface area contributed by atoms with E-state index >= 15 is 0 Å². The van der Waals surface area contributed by atoms with Crippen LogP contribution in [0.5, 0.6) is 0 Å². The van der Waals surface area contributed by atoms with Gasteiger partial charge in [-0.1, -0.05) is 47.1 Å². The zero-order valence-corrected chi connectivity index (χ0v) is 18.5. The van der Waals surface area contributed by atoms with Crippen LogP contribution in [0.3, 0.4) is 0 Å². The Hall–Kier alpha value is -3.39. The number of hydrogen-bond acceptors (Lipinski definition) is 3. The van der Waals surface area contributed by atoms with Crippen LogP contribution in [0.2, 0.25) is 5.02 Å². The highest BCUT2D eigenvalue weighted by molar-refractivity contribution is 6.30. The van der Waals surface area contributed by atoms with Crippen molar-refractivity contribution in [1.82, 2.24) is 4.90 Å². The van der Waals surface area contributed by atoms with Crippen LogP contribution in [0.1, 0.15) is 33.5 Å². The van der Waals surface area contributed by atoms with Crippen molar-refractivity contribution < 1.29 is 27.2 Å². The van der Waals surface area contributed by atoms with Crippen molar-refractivity contribution in [3.8, 4) is 0 Å². The van der Waals surface area contributed by atoms with Gasteiger partial charge >= 0.3 is 6.18 Å². The van der Waals surface area contributed by atoms with E-state index < -0.39 is 29.6 Å². The Morgan fingerprint density at radius 2 is 1.76 bits per heavy atom. The average Bonchev–Trinajstić information content (AvgIpc) is 3.27. The van der Waals surface area contributed by atoms with Crippen LogP contribution >= 0.6 is 11.6 Å². The van der Waals surface area contributed by atoms with E-state index in [2.05, 4.69) is 5.16 Å². The predicted molar refractivity (Wildman–Crippen MR) is 120 cm³/mol. The summed E-state index contributed by atoms with van der Waals surface area (Å²) >= 11 is 5.93. The molecule has 176 valence electrons. The first-order chi connectivity index (χ1) is 16.2. The first-order valence-electron chi connectivity index (χ1n) is 10.4. The van der Waals surface area contributed by atoms with Gasteiger partial charge in [0, 0.05) is 23.6 Å². The molecule has 1 aliphatic rings. The number of alkyl halides is 3. The maximum atomic E-state index is 13.7. The monoisotopic (exact) mass is 490 g/mol. The molecule has 1 aliphatic heterocycles. The highest BCUT2D eigenvalue weighted by Gasteiger charge is 2.31. The molecule has 3 aromatic carbocycles. The second kappa shape index (κ2) is 9.85. The zero-order chi connectivity index (χ0) is 24.3. The number of halogens is 5. The minimum absolute atomic E-state index is 0.0175. The number of oxime groups is 1. The highest BCUT2D eigenvalue weighted by atomic mass is 35.5. The quantitative estimate of drug-likeness (QED) is 0.379. The van der Waals surface area contributed by atoms with Crippen LogP contribution in [-0.2, 0) is 17.6 Å². The van der Waals surface area contributed by atoms with Gasteiger partial charge in [-0.2, -0.15) is 13.2 Å². The minimum atomic E-state index is -4.46. The van der Waals surface area contributed by atoms with Crippen LogP contribution in [0, 0.1) is 5.82 Å². The molecule has 0 saturated carbocycles. The molecule has 0 radical (unpaired) electrons. The fourth-order valence-electron chi connectivity index (χ4n) is 3.63. The molecule has 3 aromatic rings. The largest absolute Gasteiger partial charge is 0.416 e. The SMILES string of the molecule is O=C(c1cccc(F)c1)N(Cc1ccc(C(F)(F)F)cc1)C[C@@H]1CC(c2ccc(Cl)cc2)=NO1. The third kappa shape index (κ3) is 5.75. The van der Waals surface area contributed by atoms with E-state index in [1.54, 1.807) is 12.1 Å². The molecule has 1 heterocycles. The molecule has 0 saturated heterocycles. The van der Waals surface area contributed by atoms with Crippen molar-refractivity contribution in [2.24, 2.45) is 5.16 Å². The Balaban J connectivity index is 1.52. The Bertz CT molecular complexity index is 1190. The van der Waals surface area contributed by atoms with Gasteiger partial charge in [0.1, 0.15) is 5.82 Å². The summed E-state index contributed by atoms with van der Waals surface area (Å²) in [6.45, 7) is 0.126. The lowest BCUT2D eigenvalue weighted by Gasteiger charge is -2.25. The van der Waals surface area contributed by atoms with Gasteiger partial charge in [-0.15, -0.1) is 0 Å². The summed E-state index contributed by atoms with van der Waals surface area (Å²) < 4.78 is 52.4. The van der Waals surface area contributed by atoms with Crippen LogP contribution in [0.25, 0.3) is 0 Å². The number of carbonyl (C=O) groups excluding carboxylic acids is 1. The van der Waals surface area contributed by atoms with Crippen LogP contribution in [0.4, 0.5) is 17.6 Å². The topological polar surface area (TPSA) is 41.9 Å². The van der Waals surface area contributed by atoms with Gasteiger partial charge in [-0.3, -0.25) is 4.79 Å². The summed E-state index contributed by atoms with van der Waals surface area (Å²) in [6, 6.07) is 16.9. The molecule has 9 heteroatoms. The number of benzene rings is 3. The number of carbonyl (C=O) groups is 1. The van der Waals surface area contributed by atoms with Gasteiger partial charge in [-0.25, -0.2) is 4.39 Å². The third-order valence-electron chi connectivity index (χ3n) is 5.35. The molecule has 1 amide bonds. The second-order valence-electron chi connectivity index (χ2n) is 7.87. The van der Waals surface area contributed by atoms with E-state index in [4.69, 9.17) is 16.4 Å². The average molecular weight is 491 g/mol. The van der Waals surface area contributed by atoms with E-state index in [0.717, 1.165) is 23.8 Å². The first kappa shape index (κ1) is 23.8. The second-order valence-corrected chi connectivity index (χ2v) is 8.30. The van der Waals surface area contributed by atoms with Gasteiger partial charge in [0.05, 0.1) is 17.8 Å². The van der Waals surface area contributed by atoms with Crippen molar-refractivity contribution in [3.63, 3.8) is 0 Å². The Morgan fingerprint density at radius 1 is 1.06 bits per heavy atom. The first-order valence-corrected chi connectivity index (χ1v) is 10.8. The molecule has 0 N–H and O–H groups in total. The smallest absolute Gasteiger partial charge is 0.390 e. The fraction of sp³-hybridized carbons (Fsp3) is 0.200. The molecule has 1 atom stereocenters. The van der Waals surface area contributed by atoms with E-state index in [0.29, 0.717) is 22.7 Å². The summed E-state index contributed by atoms with van der Waals surface area (Å²) in [6.07, 6.45) is -4.51. The van der Waals surface area contributed by atoms with E-state index in [9.17, 15) is 22.4 Å². The van der Waals surface area contributed by atoms with E-state index in [1.807, 2.05) is 12.1 Å². The number of hydrogen-bond donors (Lipinski definition) is 0. The molecular formula is C25H19ClF4N2O2. The summed E-state index contributed by atoms with van der Waals surface area (Å²) in [4.78, 5) is 20.1. The zero-order valence-electron chi connectivity index (χ0n) is 17.7. The molecule has 4 nitrogen and oxygen atoms in total. The fourth-order valence-corrected chi connectivity index (χ4v) is 3.75. The lowest BCUT2D eigenvalue weighted by Crippen LogP contribution is -2.37. The predicted octanol–water partition coefficient (Wildman–Crippen LogP) is 6.33. The van der Waals surface area contributed by atoms with Crippen molar-refractivity contribution in [3.05, 3.63) is 106 Å². The molecule has 0 fully saturated rings. The lowest BCUT2D eigenvalue weighted by atomic mass is 10.0. The summed E-state index contributed by atoms with van der Waals surface area (Å²) in [7, 11) is 0. The standard InChI is InChI=1S/C25H19ClF4N2O2/c26-20-10-6-17(7-11-20)23-13-22(34-31-23)15-32(24(33)18-2-1-3-21(27)12-18)14-16-4-8-19(9-5-16)25(28,29)30/h1-12,22H,13-15H2/t22-/m0/s1. The number of nitrogens with zero attached hydrogens (tertiary/aromatic N) is 2. The normalized spacial score (nSPS) is 15.6. The van der Waals surface area contributed by atoms with Crippen LogP contribution in [0.15, 0.2) is 78.0 Å². The molecule has 34 heavy (non-hydrogen) atoms. The molecule has 0 aromatic heterocycles. The van der Waals surface area contributed by atoms with E-state index in [1.165, 1.54) is 35.2 Å². The molecule has 0 unspecified atom stereocenters. The molecule has 0 spiro atoms. The lowest BCUT2D eigenvalue weighted by molar-refractivity contribution is -0.137. The number of amides is 1. The van der Waals surface area contributed by atoms with Crippen LogP contribution in [-0.4, -0.2) is 29.2 Å². The Labute approximate surface area is 198 Å². The molecule has 4 rings (SSSR count). The van der Waals surface area contributed by atoms with Gasteiger partial charge in [-0.05, 0) is 53.6 Å². The van der Waals surface area contributed by atoms with Gasteiger partial charge in [0.2, 0.25) is 0 Å². The minimum Gasteiger partial charge on any atom is -0.390 e. The third-order valence-corrected chi connectivity index (χ3v) is 5.60. The van der Waals surface area contributed by atoms with E-state index in [-0.39, 0.29) is 18.7 Å². The van der Waals surface area contributed by atoms with Gasteiger partial charge in [0.25, 0.3) is 5.91 Å². The van der Waals surface area contributed by atoms with Gasteiger partial charge in [0.15, 0.2) is 6.10 Å².